The van der Waals surface area contributed by atoms with E-state index >= 15 is 0 Å². The van der Waals surface area contributed by atoms with Crippen molar-refractivity contribution in [1.29, 1.82) is 0 Å². The number of nitrogens with zero attached hydrogens (tertiary/aromatic N) is 2. The van der Waals surface area contributed by atoms with Gasteiger partial charge in [0.25, 0.3) is 0 Å². The molecule has 3 rings (SSSR count). The predicted octanol–water partition coefficient (Wildman–Crippen LogP) is 2.83. The van der Waals surface area contributed by atoms with E-state index in [1.165, 1.54) is 0 Å². The van der Waals surface area contributed by atoms with Crippen molar-refractivity contribution in [2.24, 2.45) is 0 Å². The fourth-order valence-electron chi connectivity index (χ4n) is 2.48. The van der Waals surface area contributed by atoms with E-state index in [9.17, 15) is 0 Å². The zero-order chi connectivity index (χ0) is 18.2. The summed E-state index contributed by atoms with van der Waals surface area (Å²) in [4.78, 5) is 0. The van der Waals surface area contributed by atoms with Gasteiger partial charge in [-0.3, -0.25) is 0 Å². The first-order valence-corrected chi connectivity index (χ1v) is 8.45. The van der Waals surface area contributed by atoms with Crippen LogP contribution in [-0.2, 0) is 9.31 Å². The van der Waals surface area contributed by atoms with Crippen LogP contribution in [0, 0.1) is 18.8 Å². The molecule has 0 N–H and O–H groups in total. The van der Waals surface area contributed by atoms with Gasteiger partial charge < -0.3 is 13.7 Å². The fraction of sp³-hybridized carbons (Fsp3) is 0.474. The quantitative estimate of drug-likeness (QED) is 0.623. The van der Waals surface area contributed by atoms with Crippen molar-refractivity contribution in [2.45, 2.75) is 58.7 Å². The fourth-order valence-corrected chi connectivity index (χ4v) is 2.48. The Bertz CT molecular complexity index is 816. The van der Waals surface area contributed by atoms with Crippen LogP contribution in [0.2, 0.25) is 0 Å². The maximum Gasteiger partial charge on any atom is 0.494 e. The lowest BCUT2D eigenvalue weighted by atomic mass is 9.78. The van der Waals surface area contributed by atoms with Crippen molar-refractivity contribution >= 4 is 12.6 Å². The van der Waals surface area contributed by atoms with Gasteiger partial charge in [-0.05, 0) is 52.2 Å². The van der Waals surface area contributed by atoms with Crippen LogP contribution in [0.4, 0.5) is 0 Å². The molecule has 0 aliphatic carbocycles. The molecule has 0 amide bonds. The molecule has 2 heterocycles. The summed E-state index contributed by atoms with van der Waals surface area (Å²) in [5, 5.41) is 7.85. The van der Waals surface area contributed by atoms with Gasteiger partial charge in [0.2, 0.25) is 11.8 Å². The molecule has 1 aromatic heterocycles. The summed E-state index contributed by atoms with van der Waals surface area (Å²) < 4.78 is 17.6. The first-order valence-electron chi connectivity index (χ1n) is 8.45. The third-order valence-electron chi connectivity index (χ3n) is 4.76. The Morgan fingerprint density at radius 1 is 1.08 bits per heavy atom. The summed E-state index contributed by atoms with van der Waals surface area (Å²) in [6.45, 7) is 11.9. The Labute approximate surface area is 149 Å². The molecule has 2 aromatic rings. The number of hydrogen-bond donors (Lipinski definition) is 0. The largest absolute Gasteiger partial charge is 0.494 e. The molecule has 1 unspecified atom stereocenters. The third-order valence-corrected chi connectivity index (χ3v) is 4.76. The molecule has 1 saturated heterocycles. The molecule has 1 aromatic carbocycles. The molecule has 1 fully saturated rings. The second-order valence-corrected chi connectivity index (χ2v) is 7.36. The highest BCUT2D eigenvalue weighted by atomic mass is 16.7. The Morgan fingerprint density at radius 3 is 2.36 bits per heavy atom. The van der Waals surface area contributed by atoms with E-state index in [0.717, 1.165) is 11.0 Å². The van der Waals surface area contributed by atoms with Crippen molar-refractivity contribution < 1.29 is 13.7 Å². The van der Waals surface area contributed by atoms with Crippen LogP contribution in [-0.4, -0.2) is 28.5 Å². The van der Waals surface area contributed by atoms with Crippen molar-refractivity contribution in [3.8, 4) is 11.8 Å². The Kier molecular flexibility index (Phi) is 4.48. The molecule has 1 aliphatic heterocycles. The van der Waals surface area contributed by atoms with Gasteiger partial charge in [-0.2, -0.15) is 0 Å². The van der Waals surface area contributed by atoms with Crippen molar-refractivity contribution in [1.82, 2.24) is 10.2 Å². The van der Waals surface area contributed by atoms with E-state index in [-0.39, 0.29) is 24.2 Å². The molecule has 0 saturated carbocycles. The van der Waals surface area contributed by atoms with E-state index in [4.69, 9.17) is 13.7 Å². The van der Waals surface area contributed by atoms with E-state index in [2.05, 4.69) is 22.0 Å². The Morgan fingerprint density at radius 2 is 1.76 bits per heavy atom. The maximum atomic E-state index is 6.10. The van der Waals surface area contributed by atoms with Crippen molar-refractivity contribution in [3.05, 3.63) is 41.6 Å². The van der Waals surface area contributed by atoms with Crippen LogP contribution in [0.25, 0.3) is 0 Å². The SMILES string of the molecule is Cc1nnc(C(C)C#Cc2cccc(B3OC(C)(C)C(C)(C)O3)c2)o1. The second kappa shape index (κ2) is 6.32. The summed E-state index contributed by atoms with van der Waals surface area (Å²) in [5.74, 6) is 7.28. The van der Waals surface area contributed by atoms with Gasteiger partial charge in [0.15, 0.2) is 0 Å². The highest BCUT2D eigenvalue weighted by molar-refractivity contribution is 6.62. The molecular weight excluding hydrogens is 315 g/mol. The normalized spacial score (nSPS) is 19.4. The molecule has 1 atom stereocenters. The highest BCUT2D eigenvalue weighted by Gasteiger charge is 2.51. The number of hydrogen-bond acceptors (Lipinski definition) is 5. The number of aromatic nitrogens is 2. The lowest BCUT2D eigenvalue weighted by molar-refractivity contribution is 0.00578. The minimum absolute atomic E-state index is 0.123. The van der Waals surface area contributed by atoms with Crippen LogP contribution in [0.15, 0.2) is 28.7 Å². The highest BCUT2D eigenvalue weighted by Crippen LogP contribution is 2.36. The van der Waals surface area contributed by atoms with Gasteiger partial charge in [0, 0.05) is 12.5 Å². The van der Waals surface area contributed by atoms with Crippen LogP contribution < -0.4 is 5.46 Å². The summed E-state index contributed by atoms with van der Waals surface area (Å²) in [6.07, 6.45) is 0. The molecule has 0 radical (unpaired) electrons. The van der Waals surface area contributed by atoms with Gasteiger partial charge in [-0.15, -0.1) is 10.2 Å². The molecule has 0 bridgehead atoms. The number of benzene rings is 1. The molecular formula is C19H23BN2O3. The smallest absolute Gasteiger partial charge is 0.424 e. The van der Waals surface area contributed by atoms with Gasteiger partial charge in [0.05, 0.1) is 17.1 Å². The summed E-state index contributed by atoms with van der Waals surface area (Å²) in [7, 11) is -0.386. The molecule has 0 spiro atoms. The Balaban J connectivity index is 1.78. The standard InChI is InChI=1S/C19H23BN2O3/c1-13(17-22-21-14(2)23-17)10-11-15-8-7-9-16(12-15)20-24-18(3,4)19(5,6)25-20/h7-9,12-13H,1-6H3. The second-order valence-electron chi connectivity index (χ2n) is 7.36. The summed E-state index contributed by atoms with van der Waals surface area (Å²) >= 11 is 0. The van der Waals surface area contributed by atoms with E-state index < -0.39 is 0 Å². The third kappa shape index (κ3) is 3.63. The first-order chi connectivity index (χ1) is 11.7. The lowest BCUT2D eigenvalue weighted by Crippen LogP contribution is -2.41. The van der Waals surface area contributed by atoms with Crippen LogP contribution in [0.5, 0.6) is 0 Å². The minimum Gasteiger partial charge on any atom is -0.424 e. The average Bonchev–Trinajstić information content (AvgIpc) is 3.06. The lowest BCUT2D eigenvalue weighted by Gasteiger charge is -2.32. The van der Waals surface area contributed by atoms with Crippen molar-refractivity contribution in [2.75, 3.05) is 0 Å². The van der Waals surface area contributed by atoms with E-state index in [1.807, 2.05) is 58.9 Å². The summed E-state index contributed by atoms with van der Waals surface area (Å²) in [6, 6.07) is 7.93. The van der Waals surface area contributed by atoms with Gasteiger partial charge in [-0.25, -0.2) is 0 Å². The minimum atomic E-state index is -0.386. The summed E-state index contributed by atoms with van der Waals surface area (Å²) in [5.41, 5.74) is 1.15. The monoisotopic (exact) mass is 338 g/mol. The van der Waals surface area contributed by atoms with E-state index in [0.29, 0.717) is 11.8 Å². The van der Waals surface area contributed by atoms with Gasteiger partial charge in [-0.1, -0.05) is 24.0 Å². The molecule has 5 nitrogen and oxygen atoms in total. The topological polar surface area (TPSA) is 57.4 Å². The first kappa shape index (κ1) is 17.7. The molecule has 130 valence electrons. The van der Waals surface area contributed by atoms with Crippen LogP contribution in [0.3, 0.4) is 0 Å². The van der Waals surface area contributed by atoms with Gasteiger partial charge in [0.1, 0.15) is 0 Å². The predicted molar refractivity (Wildman–Crippen MR) is 96.5 cm³/mol. The molecule has 6 heteroatoms. The van der Waals surface area contributed by atoms with E-state index in [1.54, 1.807) is 6.92 Å². The maximum absolute atomic E-state index is 6.10. The zero-order valence-corrected chi connectivity index (χ0v) is 15.6. The molecule has 1 aliphatic rings. The van der Waals surface area contributed by atoms with Crippen LogP contribution in [0.1, 0.15) is 57.9 Å². The van der Waals surface area contributed by atoms with Crippen molar-refractivity contribution in [3.63, 3.8) is 0 Å². The number of aryl methyl sites for hydroxylation is 1. The van der Waals surface area contributed by atoms with Gasteiger partial charge >= 0.3 is 7.12 Å². The Hall–Kier alpha value is -2.10. The number of rotatable bonds is 2. The molecule has 25 heavy (non-hydrogen) atoms. The van der Waals surface area contributed by atoms with Crippen LogP contribution >= 0.6 is 0 Å². The average molecular weight is 338 g/mol. The zero-order valence-electron chi connectivity index (χ0n) is 15.6.